The van der Waals surface area contributed by atoms with Crippen LogP contribution in [0.4, 0.5) is 0 Å². The van der Waals surface area contributed by atoms with Gasteiger partial charge in [0, 0.05) is 13.3 Å². The predicted octanol–water partition coefficient (Wildman–Crippen LogP) is 3.47. The van der Waals surface area contributed by atoms with Crippen LogP contribution in [0.1, 0.15) is 24.5 Å². The van der Waals surface area contributed by atoms with E-state index < -0.39 is 6.29 Å². The molecule has 1 aliphatic rings. The van der Waals surface area contributed by atoms with Gasteiger partial charge in [0.05, 0.1) is 25.9 Å². The van der Waals surface area contributed by atoms with Crippen molar-refractivity contribution in [3.8, 4) is 0 Å². The Balaban J connectivity index is 1.53. The van der Waals surface area contributed by atoms with Crippen molar-refractivity contribution in [2.24, 2.45) is 0 Å². The molecule has 5 heteroatoms. The lowest BCUT2D eigenvalue weighted by Gasteiger charge is -2.19. The fourth-order valence-corrected chi connectivity index (χ4v) is 2.91. The third kappa shape index (κ3) is 5.66. The summed E-state index contributed by atoms with van der Waals surface area (Å²) in [4.78, 5) is 11.2. The summed E-state index contributed by atoms with van der Waals surface area (Å²) in [6.07, 6.45) is -0.535. The second-order valence-electron chi connectivity index (χ2n) is 6.29. The minimum atomic E-state index is -0.585. The Morgan fingerprint density at radius 3 is 2.23 bits per heavy atom. The van der Waals surface area contributed by atoms with E-state index >= 15 is 0 Å². The quantitative estimate of drug-likeness (QED) is 0.678. The molecule has 5 nitrogen and oxygen atoms in total. The topological polar surface area (TPSA) is 54.0 Å². The van der Waals surface area contributed by atoms with Gasteiger partial charge in [-0.25, -0.2) is 0 Å². The Morgan fingerprint density at radius 1 is 1.00 bits per heavy atom. The van der Waals surface area contributed by atoms with Crippen molar-refractivity contribution < 1.29 is 23.7 Å². The molecule has 2 aromatic carbocycles. The smallest absolute Gasteiger partial charge is 0.304 e. The molecule has 26 heavy (non-hydrogen) atoms. The average Bonchev–Trinajstić information content (AvgIpc) is 3.02. The summed E-state index contributed by atoms with van der Waals surface area (Å²) in [6.45, 7) is 2.75. The molecule has 0 aromatic heterocycles. The van der Waals surface area contributed by atoms with Crippen LogP contribution >= 0.6 is 0 Å². The molecule has 1 aliphatic heterocycles. The summed E-state index contributed by atoms with van der Waals surface area (Å²) >= 11 is 0. The highest BCUT2D eigenvalue weighted by Crippen LogP contribution is 2.26. The molecule has 0 spiro atoms. The van der Waals surface area contributed by atoms with E-state index in [0.717, 1.165) is 11.1 Å². The van der Waals surface area contributed by atoms with Gasteiger partial charge in [0.25, 0.3) is 0 Å². The Labute approximate surface area is 153 Å². The van der Waals surface area contributed by atoms with Crippen LogP contribution in [0, 0.1) is 0 Å². The van der Waals surface area contributed by atoms with E-state index in [9.17, 15) is 4.79 Å². The molecule has 1 unspecified atom stereocenters. The van der Waals surface area contributed by atoms with Crippen LogP contribution in [0.25, 0.3) is 0 Å². The van der Waals surface area contributed by atoms with Crippen LogP contribution in [-0.4, -0.2) is 31.1 Å². The molecule has 2 aromatic rings. The standard InChI is InChI=1S/C21H24O5/c1-16(22)25-21-12-19(24-14-18-10-6-3-7-11-18)20(26-21)15-23-13-17-8-4-2-5-9-17/h2-11,19-21H,12-15H2,1H3/t19-,20-,21?/m1/s1. The molecule has 0 aliphatic carbocycles. The highest BCUT2D eigenvalue weighted by molar-refractivity contribution is 5.66. The normalized spacial score (nSPS) is 22.3. The molecule has 0 N–H and O–H groups in total. The van der Waals surface area contributed by atoms with E-state index in [2.05, 4.69) is 0 Å². The first-order chi connectivity index (χ1) is 12.7. The SMILES string of the molecule is CC(=O)OC1C[C@@H](OCc2ccccc2)[C@@H](COCc2ccccc2)O1. The number of ether oxygens (including phenoxy) is 4. The molecule has 0 bridgehead atoms. The molecule has 3 rings (SSSR count). The molecular formula is C21H24O5. The number of benzene rings is 2. The number of rotatable bonds is 8. The van der Waals surface area contributed by atoms with Gasteiger partial charge >= 0.3 is 5.97 Å². The van der Waals surface area contributed by atoms with E-state index in [0.29, 0.717) is 26.2 Å². The first-order valence-corrected chi connectivity index (χ1v) is 8.80. The van der Waals surface area contributed by atoms with Crippen LogP contribution < -0.4 is 0 Å². The zero-order valence-corrected chi connectivity index (χ0v) is 14.9. The van der Waals surface area contributed by atoms with Crippen LogP contribution in [0.3, 0.4) is 0 Å². The Bertz CT molecular complexity index is 673. The molecule has 0 amide bonds. The lowest BCUT2D eigenvalue weighted by Crippen LogP contribution is -2.29. The zero-order valence-electron chi connectivity index (χ0n) is 14.9. The lowest BCUT2D eigenvalue weighted by molar-refractivity contribution is -0.177. The second kappa shape index (κ2) is 9.48. The zero-order chi connectivity index (χ0) is 18.2. The monoisotopic (exact) mass is 356 g/mol. The molecule has 1 saturated heterocycles. The van der Waals surface area contributed by atoms with Gasteiger partial charge in [0.15, 0.2) is 0 Å². The van der Waals surface area contributed by atoms with Gasteiger partial charge in [-0.05, 0) is 11.1 Å². The second-order valence-corrected chi connectivity index (χ2v) is 6.29. The first kappa shape index (κ1) is 18.6. The molecule has 1 heterocycles. The van der Waals surface area contributed by atoms with Crippen LogP contribution in [0.2, 0.25) is 0 Å². The predicted molar refractivity (Wildman–Crippen MR) is 96.2 cm³/mol. The summed E-state index contributed by atoms with van der Waals surface area (Å²) in [5, 5.41) is 0. The third-order valence-electron chi connectivity index (χ3n) is 4.16. The van der Waals surface area contributed by atoms with Crippen LogP contribution in [-0.2, 0) is 37.0 Å². The molecule has 0 radical (unpaired) electrons. The third-order valence-corrected chi connectivity index (χ3v) is 4.16. The largest absolute Gasteiger partial charge is 0.436 e. The van der Waals surface area contributed by atoms with Gasteiger partial charge in [-0.15, -0.1) is 0 Å². The molecular weight excluding hydrogens is 332 g/mol. The van der Waals surface area contributed by atoms with Gasteiger partial charge in [-0.1, -0.05) is 60.7 Å². The Hall–Kier alpha value is -2.21. The maximum atomic E-state index is 11.2. The fourth-order valence-electron chi connectivity index (χ4n) is 2.91. The highest BCUT2D eigenvalue weighted by Gasteiger charge is 2.38. The van der Waals surface area contributed by atoms with E-state index in [1.807, 2.05) is 60.7 Å². The first-order valence-electron chi connectivity index (χ1n) is 8.80. The van der Waals surface area contributed by atoms with Gasteiger partial charge in [-0.3, -0.25) is 4.79 Å². The van der Waals surface area contributed by atoms with Crippen LogP contribution in [0.5, 0.6) is 0 Å². The van der Waals surface area contributed by atoms with E-state index in [1.54, 1.807) is 0 Å². The van der Waals surface area contributed by atoms with Crippen molar-refractivity contribution in [2.45, 2.75) is 45.1 Å². The van der Waals surface area contributed by atoms with Crippen molar-refractivity contribution in [2.75, 3.05) is 6.61 Å². The van der Waals surface area contributed by atoms with Gasteiger partial charge < -0.3 is 18.9 Å². The molecule has 0 saturated carbocycles. The summed E-state index contributed by atoms with van der Waals surface area (Å²) < 4.78 is 22.8. The summed E-state index contributed by atoms with van der Waals surface area (Å²) in [7, 11) is 0. The van der Waals surface area contributed by atoms with Crippen LogP contribution in [0.15, 0.2) is 60.7 Å². The Kier molecular flexibility index (Phi) is 6.77. The van der Waals surface area contributed by atoms with E-state index in [1.165, 1.54) is 6.92 Å². The van der Waals surface area contributed by atoms with Gasteiger partial charge in [-0.2, -0.15) is 0 Å². The summed E-state index contributed by atoms with van der Waals surface area (Å²) in [6, 6.07) is 19.9. The van der Waals surface area contributed by atoms with Crippen molar-refractivity contribution in [1.29, 1.82) is 0 Å². The number of carbonyl (C=O) groups excluding carboxylic acids is 1. The maximum Gasteiger partial charge on any atom is 0.304 e. The summed E-state index contributed by atoms with van der Waals surface area (Å²) in [5.41, 5.74) is 2.19. The minimum Gasteiger partial charge on any atom is -0.436 e. The van der Waals surface area contributed by atoms with Crippen molar-refractivity contribution in [3.05, 3.63) is 71.8 Å². The Morgan fingerprint density at radius 2 is 1.62 bits per heavy atom. The molecule has 3 atom stereocenters. The molecule has 138 valence electrons. The highest BCUT2D eigenvalue weighted by atomic mass is 16.7. The van der Waals surface area contributed by atoms with Crippen molar-refractivity contribution in [3.63, 3.8) is 0 Å². The van der Waals surface area contributed by atoms with Gasteiger partial charge in [0.1, 0.15) is 6.10 Å². The number of hydrogen-bond acceptors (Lipinski definition) is 5. The number of hydrogen-bond donors (Lipinski definition) is 0. The van der Waals surface area contributed by atoms with E-state index in [4.69, 9.17) is 18.9 Å². The lowest BCUT2D eigenvalue weighted by atomic mass is 10.2. The summed E-state index contributed by atoms with van der Waals surface area (Å²) in [5.74, 6) is -0.359. The molecule has 1 fully saturated rings. The maximum absolute atomic E-state index is 11.2. The van der Waals surface area contributed by atoms with Crippen molar-refractivity contribution >= 4 is 5.97 Å². The van der Waals surface area contributed by atoms with E-state index in [-0.39, 0.29) is 18.2 Å². The number of esters is 1. The minimum absolute atomic E-state index is 0.185. The van der Waals surface area contributed by atoms with Gasteiger partial charge in [0.2, 0.25) is 6.29 Å². The number of carbonyl (C=O) groups is 1. The van der Waals surface area contributed by atoms with Crippen molar-refractivity contribution in [1.82, 2.24) is 0 Å². The average molecular weight is 356 g/mol. The fraction of sp³-hybridized carbons (Fsp3) is 0.381.